The molecule has 2 aliphatic heterocycles. The Morgan fingerprint density at radius 1 is 1.36 bits per heavy atom. The maximum Gasteiger partial charge on any atom is 0.251 e. The van der Waals surface area contributed by atoms with Gasteiger partial charge in [-0.3, -0.25) is 4.79 Å². The summed E-state index contributed by atoms with van der Waals surface area (Å²) in [4.78, 5) is 12.2. The van der Waals surface area contributed by atoms with Crippen molar-refractivity contribution in [3.05, 3.63) is 35.9 Å². The quantitative estimate of drug-likeness (QED) is 0.854. The van der Waals surface area contributed by atoms with Crippen LogP contribution in [0, 0.1) is 0 Å². The van der Waals surface area contributed by atoms with Crippen LogP contribution in [-0.4, -0.2) is 49.2 Å². The molecule has 2 heterocycles. The summed E-state index contributed by atoms with van der Waals surface area (Å²) >= 11 is 0. The normalized spacial score (nSPS) is 32.7. The van der Waals surface area contributed by atoms with Gasteiger partial charge in [-0.25, -0.2) is 0 Å². The molecule has 1 aromatic carbocycles. The van der Waals surface area contributed by atoms with Crippen molar-refractivity contribution in [1.82, 2.24) is 5.32 Å². The van der Waals surface area contributed by atoms with Gasteiger partial charge in [0.2, 0.25) is 0 Å². The molecular formula is C16H22N2O4. The highest BCUT2D eigenvalue weighted by Crippen LogP contribution is 2.42. The van der Waals surface area contributed by atoms with E-state index in [0.717, 1.165) is 0 Å². The first-order chi connectivity index (χ1) is 10.5. The average molecular weight is 306 g/mol. The molecule has 0 bridgehead atoms. The summed E-state index contributed by atoms with van der Waals surface area (Å²) in [5.41, 5.74) is 5.67. The minimum atomic E-state index is -0.709. The van der Waals surface area contributed by atoms with E-state index >= 15 is 0 Å². The molecule has 0 radical (unpaired) electrons. The molecule has 0 unspecified atom stereocenters. The monoisotopic (exact) mass is 306 g/mol. The molecule has 0 aromatic heterocycles. The summed E-state index contributed by atoms with van der Waals surface area (Å²) in [5, 5.41) is 2.92. The first-order valence-electron chi connectivity index (χ1n) is 7.49. The van der Waals surface area contributed by atoms with Crippen LogP contribution in [0.5, 0.6) is 0 Å². The lowest BCUT2D eigenvalue weighted by atomic mass is 9.96. The summed E-state index contributed by atoms with van der Waals surface area (Å²) in [6.45, 7) is 4.77. The molecule has 2 saturated heterocycles. The zero-order chi connectivity index (χ0) is 15.8. The Bertz CT molecular complexity index is 548. The Labute approximate surface area is 129 Å². The van der Waals surface area contributed by atoms with Gasteiger partial charge in [0, 0.05) is 12.1 Å². The number of hydrogen-bond donors (Lipinski definition) is 2. The SMILES string of the molecule is CC1(C)O[C@@H]2[C@@H](CN)OC[C@]2(CNC(=O)c2ccccc2)O1. The van der Waals surface area contributed by atoms with Gasteiger partial charge in [0.25, 0.3) is 5.91 Å². The van der Waals surface area contributed by atoms with E-state index in [1.807, 2.05) is 32.0 Å². The number of fused-ring (bicyclic) bond motifs is 1. The summed E-state index contributed by atoms with van der Waals surface area (Å²) in [6.07, 6.45) is -0.487. The average Bonchev–Trinajstić information content (AvgIpc) is 2.96. The molecule has 0 aliphatic carbocycles. The van der Waals surface area contributed by atoms with Crippen LogP contribution in [0.25, 0.3) is 0 Å². The predicted octanol–water partition coefficient (Wildman–Crippen LogP) is 0.664. The van der Waals surface area contributed by atoms with Crippen molar-refractivity contribution >= 4 is 5.91 Å². The highest BCUT2D eigenvalue weighted by atomic mass is 16.8. The molecule has 2 fully saturated rings. The van der Waals surface area contributed by atoms with Crippen LogP contribution in [0.1, 0.15) is 24.2 Å². The lowest BCUT2D eigenvalue weighted by Gasteiger charge is -2.27. The van der Waals surface area contributed by atoms with Gasteiger partial charge < -0.3 is 25.3 Å². The second-order valence-electron chi connectivity index (χ2n) is 6.24. The smallest absolute Gasteiger partial charge is 0.251 e. The lowest BCUT2D eigenvalue weighted by Crippen LogP contribution is -2.51. The lowest BCUT2D eigenvalue weighted by molar-refractivity contribution is -0.188. The number of hydrogen-bond acceptors (Lipinski definition) is 5. The number of amides is 1. The van der Waals surface area contributed by atoms with E-state index in [2.05, 4.69) is 5.32 Å². The van der Waals surface area contributed by atoms with Crippen LogP contribution in [-0.2, 0) is 14.2 Å². The molecule has 1 amide bonds. The highest BCUT2D eigenvalue weighted by Gasteiger charge is 2.60. The number of rotatable bonds is 4. The van der Waals surface area contributed by atoms with E-state index in [1.165, 1.54) is 0 Å². The number of carbonyl (C=O) groups is 1. The Morgan fingerprint density at radius 3 is 2.77 bits per heavy atom. The van der Waals surface area contributed by atoms with Gasteiger partial charge in [0.15, 0.2) is 5.79 Å². The van der Waals surface area contributed by atoms with Crippen molar-refractivity contribution in [2.45, 2.75) is 37.4 Å². The van der Waals surface area contributed by atoms with Gasteiger partial charge in [0.05, 0.1) is 19.3 Å². The van der Waals surface area contributed by atoms with Crippen molar-refractivity contribution in [2.75, 3.05) is 19.7 Å². The topological polar surface area (TPSA) is 82.8 Å². The van der Waals surface area contributed by atoms with Gasteiger partial charge in [0.1, 0.15) is 11.7 Å². The first kappa shape index (κ1) is 15.4. The van der Waals surface area contributed by atoms with Crippen molar-refractivity contribution in [3.8, 4) is 0 Å². The highest BCUT2D eigenvalue weighted by molar-refractivity contribution is 5.94. The van der Waals surface area contributed by atoms with E-state index < -0.39 is 11.4 Å². The third-order valence-corrected chi connectivity index (χ3v) is 4.07. The number of benzene rings is 1. The molecule has 0 spiro atoms. The summed E-state index contributed by atoms with van der Waals surface area (Å²) < 4.78 is 17.7. The molecule has 0 saturated carbocycles. The fourth-order valence-electron chi connectivity index (χ4n) is 3.15. The number of ether oxygens (including phenoxy) is 3. The largest absolute Gasteiger partial charge is 0.371 e. The molecule has 120 valence electrons. The molecule has 6 heteroatoms. The molecule has 2 aliphatic rings. The van der Waals surface area contributed by atoms with E-state index in [4.69, 9.17) is 19.9 Å². The molecule has 3 atom stereocenters. The Morgan fingerprint density at radius 2 is 2.09 bits per heavy atom. The van der Waals surface area contributed by atoms with Crippen molar-refractivity contribution in [2.24, 2.45) is 5.73 Å². The van der Waals surface area contributed by atoms with Crippen LogP contribution in [0.3, 0.4) is 0 Å². The second-order valence-corrected chi connectivity index (χ2v) is 6.24. The Hall–Kier alpha value is -1.47. The molecule has 3 rings (SSSR count). The Kier molecular flexibility index (Phi) is 3.94. The molecule has 22 heavy (non-hydrogen) atoms. The van der Waals surface area contributed by atoms with Crippen molar-refractivity contribution < 1.29 is 19.0 Å². The van der Waals surface area contributed by atoms with E-state index in [-0.39, 0.29) is 18.1 Å². The molecular weight excluding hydrogens is 284 g/mol. The molecule has 1 aromatic rings. The zero-order valence-corrected chi connectivity index (χ0v) is 12.9. The zero-order valence-electron chi connectivity index (χ0n) is 12.9. The molecule has 6 nitrogen and oxygen atoms in total. The van der Waals surface area contributed by atoms with Crippen LogP contribution in [0.2, 0.25) is 0 Å². The number of nitrogens with one attached hydrogen (secondary N) is 1. The maximum absolute atomic E-state index is 12.2. The fourth-order valence-corrected chi connectivity index (χ4v) is 3.15. The fraction of sp³-hybridized carbons (Fsp3) is 0.562. The van der Waals surface area contributed by atoms with E-state index in [9.17, 15) is 4.79 Å². The Balaban J connectivity index is 1.71. The van der Waals surface area contributed by atoms with Gasteiger partial charge in [-0.05, 0) is 26.0 Å². The predicted molar refractivity (Wildman–Crippen MR) is 80.3 cm³/mol. The minimum absolute atomic E-state index is 0.141. The van der Waals surface area contributed by atoms with E-state index in [1.54, 1.807) is 12.1 Å². The summed E-state index contributed by atoms with van der Waals surface area (Å²) in [6, 6.07) is 9.08. The van der Waals surface area contributed by atoms with Crippen LogP contribution in [0.4, 0.5) is 0 Å². The molecule has 3 N–H and O–H groups in total. The van der Waals surface area contributed by atoms with Crippen LogP contribution < -0.4 is 11.1 Å². The van der Waals surface area contributed by atoms with Crippen LogP contribution in [0.15, 0.2) is 30.3 Å². The van der Waals surface area contributed by atoms with Crippen molar-refractivity contribution in [1.29, 1.82) is 0 Å². The number of nitrogens with two attached hydrogens (primary N) is 1. The minimum Gasteiger partial charge on any atom is -0.371 e. The van der Waals surface area contributed by atoms with Gasteiger partial charge in [-0.1, -0.05) is 18.2 Å². The van der Waals surface area contributed by atoms with Gasteiger partial charge in [-0.15, -0.1) is 0 Å². The van der Waals surface area contributed by atoms with Crippen LogP contribution >= 0.6 is 0 Å². The summed E-state index contributed by atoms with van der Waals surface area (Å²) in [5.74, 6) is -0.850. The third kappa shape index (κ3) is 2.75. The maximum atomic E-state index is 12.2. The van der Waals surface area contributed by atoms with Crippen molar-refractivity contribution in [3.63, 3.8) is 0 Å². The van der Waals surface area contributed by atoms with Gasteiger partial charge >= 0.3 is 0 Å². The standard InChI is InChI=1S/C16H22N2O4/c1-15(2)21-13-12(8-17)20-10-16(13,22-15)9-18-14(19)11-6-4-3-5-7-11/h3-7,12-13H,8-10,17H2,1-2H3,(H,18,19)/t12-,13-,16+/m1/s1. The van der Waals surface area contributed by atoms with Gasteiger partial charge in [-0.2, -0.15) is 0 Å². The summed E-state index contributed by atoms with van der Waals surface area (Å²) in [7, 11) is 0. The second kappa shape index (κ2) is 5.62. The first-order valence-corrected chi connectivity index (χ1v) is 7.49. The number of carbonyl (C=O) groups excluding carboxylic acids is 1. The third-order valence-electron chi connectivity index (χ3n) is 4.07. The van der Waals surface area contributed by atoms with E-state index in [0.29, 0.717) is 25.3 Å².